The zero-order chi connectivity index (χ0) is 14.9. The molecule has 5 heteroatoms. The van der Waals surface area contributed by atoms with Crippen molar-refractivity contribution in [2.45, 2.75) is 70.0 Å². The molecule has 1 aromatic heterocycles. The van der Waals surface area contributed by atoms with Gasteiger partial charge >= 0.3 is 5.97 Å². The largest absolute Gasteiger partial charge is 0.480 e. The summed E-state index contributed by atoms with van der Waals surface area (Å²) in [5, 5.41) is 14.2. The molecule has 1 unspecified atom stereocenters. The highest BCUT2D eigenvalue weighted by atomic mass is 16.4. The molecule has 1 saturated carbocycles. The smallest absolute Gasteiger partial charge is 0.323 e. The van der Waals surface area contributed by atoms with Crippen LogP contribution in [0.1, 0.15) is 63.6 Å². The van der Waals surface area contributed by atoms with E-state index >= 15 is 0 Å². The number of aromatic nitrogens is 2. The monoisotopic (exact) mass is 291 g/mol. The Hall–Kier alpha value is -1.36. The number of rotatable bonds is 4. The van der Waals surface area contributed by atoms with E-state index in [0.29, 0.717) is 12.6 Å². The van der Waals surface area contributed by atoms with Crippen molar-refractivity contribution in [3.63, 3.8) is 0 Å². The van der Waals surface area contributed by atoms with Crippen LogP contribution < -0.4 is 0 Å². The van der Waals surface area contributed by atoms with Gasteiger partial charge in [0.1, 0.15) is 5.54 Å². The van der Waals surface area contributed by atoms with E-state index in [1.807, 2.05) is 6.92 Å². The minimum absolute atomic E-state index is 0.547. The molecule has 21 heavy (non-hydrogen) atoms. The first-order valence-corrected chi connectivity index (χ1v) is 8.12. The van der Waals surface area contributed by atoms with E-state index in [2.05, 4.69) is 21.8 Å². The summed E-state index contributed by atoms with van der Waals surface area (Å²) in [7, 11) is 0. The first kappa shape index (κ1) is 14.6. The third-order valence-electron chi connectivity index (χ3n) is 5.22. The van der Waals surface area contributed by atoms with Crippen molar-refractivity contribution >= 4 is 5.97 Å². The van der Waals surface area contributed by atoms with Gasteiger partial charge in [0.25, 0.3) is 0 Å². The molecular formula is C16H25N3O2. The van der Waals surface area contributed by atoms with Crippen molar-refractivity contribution in [1.82, 2.24) is 14.7 Å². The van der Waals surface area contributed by atoms with Crippen molar-refractivity contribution < 1.29 is 9.90 Å². The van der Waals surface area contributed by atoms with E-state index in [-0.39, 0.29) is 0 Å². The van der Waals surface area contributed by atoms with Crippen LogP contribution in [0.3, 0.4) is 0 Å². The lowest BCUT2D eigenvalue weighted by Gasteiger charge is -2.41. The van der Waals surface area contributed by atoms with Crippen LogP contribution in [0.5, 0.6) is 0 Å². The minimum Gasteiger partial charge on any atom is -0.480 e. The quantitative estimate of drug-likeness (QED) is 0.926. The summed E-state index contributed by atoms with van der Waals surface area (Å²) < 4.78 is 2.09. The maximum atomic E-state index is 11.6. The molecule has 0 radical (unpaired) electrons. The van der Waals surface area contributed by atoms with Gasteiger partial charge in [0, 0.05) is 12.7 Å². The molecule has 0 bridgehead atoms. The van der Waals surface area contributed by atoms with Crippen LogP contribution in [0.2, 0.25) is 0 Å². The number of carboxylic acids is 1. The van der Waals surface area contributed by atoms with E-state index in [0.717, 1.165) is 31.5 Å². The van der Waals surface area contributed by atoms with E-state index in [1.54, 1.807) is 0 Å². The van der Waals surface area contributed by atoms with Gasteiger partial charge in [-0.15, -0.1) is 0 Å². The van der Waals surface area contributed by atoms with Gasteiger partial charge in [-0.25, -0.2) is 0 Å². The Morgan fingerprint density at radius 3 is 2.86 bits per heavy atom. The van der Waals surface area contributed by atoms with E-state index < -0.39 is 11.5 Å². The maximum absolute atomic E-state index is 11.6. The van der Waals surface area contributed by atoms with Crippen molar-refractivity contribution in [2.75, 3.05) is 6.54 Å². The molecule has 1 aromatic rings. The Morgan fingerprint density at radius 2 is 2.14 bits per heavy atom. The Kier molecular flexibility index (Phi) is 4.02. The van der Waals surface area contributed by atoms with Crippen LogP contribution in [0.15, 0.2) is 12.3 Å². The topological polar surface area (TPSA) is 58.4 Å². The molecule has 2 aliphatic rings. The summed E-state index contributed by atoms with van der Waals surface area (Å²) in [6.07, 6.45) is 9.89. The molecule has 0 spiro atoms. The maximum Gasteiger partial charge on any atom is 0.323 e. The number of hydrogen-bond donors (Lipinski definition) is 1. The lowest BCUT2D eigenvalue weighted by Crippen LogP contribution is -2.54. The van der Waals surface area contributed by atoms with Gasteiger partial charge in [0.2, 0.25) is 0 Å². The fourth-order valence-corrected chi connectivity index (χ4v) is 3.70. The van der Waals surface area contributed by atoms with Gasteiger partial charge in [-0.1, -0.05) is 12.8 Å². The van der Waals surface area contributed by atoms with E-state index in [1.165, 1.54) is 25.7 Å². The average molecular weight is 291 g/mol. The molecule has 5 nitrogen and oxygen atoms in total. The van der Waals surface area contributed by atoms with Gasteiger partial charge in [-0.05, 0) is 51.6 Å². The lowest BCUT2D eigenvalue weighted by molar-refractivity contribution is -0.153. The Balaban J connectivity index is 1.71. The van der Waals surface area contributed by atoms with Crippen molar-refractivity contribution in [2.24, 2.45) is 0 Å². The number of carboxylic acid groups (broad SMARTS) is 1. The SMILES string of the molecule is CC1(C(=O)O)CCCCN1Cc1ccn(C2CCCC2)n1. The molecule has 2 fully saturated rings. The zero-order valence-electron chi connectivity index (χ0n) is 12.8. The van der Waals surface area contributed by atoms with Gasteiger partial charge in [0.05, 0.1) is 11.7 Å². The van der Waals surface area contributed by atoms with Gasteiger partial charge in [-0.3, -0.25) is 14.4 Å². The third-order valence-corrected chi connectivity index (χ3v) is 5.22. The highest BCUT2D eigenvalue weighted by Gasteiger charge is 2.41. The van der Waals surface area contributed by atoms with Crippen LogP contribution >= 0.6 is 0 Å². The zero-order valence-corrected chi connectivity index (χ0v) is 12.8. The molecule has 0 aromatic carbocycles. The second-order valence-electron chi connectivity index (χ2n) is 6.68. The van der Waals surface area contributed by atoms with Crippen LogP contribution in [-0.4, -0.2) is 37.8 Å². The summed E-state index contributed by atoms with van der Waals surface area (Å²) in [5.41, 5.74) is 0.256. The van der Waals surface area contributed by atoms with Gasteiger partial charge < -0.3 is 5.11 Å². The average Bonchev–Trinajstić information content (AvgIpc) is 3.12. The van der Waals surface area contributed by atoms with Crippen molar-refractivity contribution in [1.29, 1.82) is 0 Å². The Morgan fingerprint density at radius 1 is 1.38 bits per heavy atom. The van der Waals surface area contributed by atoms with Crippen LogP contribution in [-0.2, 0) is 11.3 Å². The fourth-order valence-electron chi connectivity index (χ4n) is 3.70. The van der Waals surface area contributed by atoms with Crippen molar-refractivity contribution in [3.05, 3.63) is 18.0 Å². The number of hydrogen-bond acceptors (Lipinski definition) is 3. The fraction of sp³-hybridized carbons (Fsp3) is 0.750. The number of likely N-dealkylation sites (tertiary alicyclic amines) is 1. The first-order valence-electron chi connectivity index (χ1n) is 8.12. The Bertz CT molecular complexity index is 507. The second kappa shape index (κ2) is 5.79. The standard InChI is InChI=1S/C16H25N3O2/c1-16(15(20)21)9-4-5-10-18(16)12-13-8-11-19(17-13)14-6-2-3-7-14/h8,11,14H,2-7,9-10,12H2,1H3,(H,20,21). The van der Waals surface area contributed by atoms with E-state index in [9.17, 15) is 9.90 Å². The third kappa shape index (κ3) is 2.84. The van der Waals surface area contributed by atoms with Crippen LogP contribution in [0.25, 0.3) is 0 Å². The number of carbonyl (C=O) groups is 1. The lowest BCUT2D eigenvalue weighted by atomic mass is 9.88. The molecule has 2 heterocycles. The minimum atomic E-state index is -0.741. The second-order valence-corrected chi connectivity index (χ2v) is 6.68. The molecule has 0 amide bonds. The molecule has 1 atom stereocenters. The number of aliphatic carboxylic acids is 1. The summed E-state index contributed by atoms with van der Waals surface area (Å²) >= 11 is 0. The van der Waals surface area contributed by atoms with Crippen molar-refractivity contribution in [3.8, 4) is 0 Å². The molecule has 1 aliphatic heterocycles. The first-order chi connectivity index (χ1) is 10.1. The molecule has 1 aliphatic carbocycles. The summed E-state index contributed by atoms with van der Waals surface area (Å²) in [4.78, 5) is 13.7. The highest BCUT2D eigenvalue weighted by molar-refractivity contribution is 5.78. The normalized spacial score (nSPS) is 28.0. The summed E-state index contributed by atoms with van der Waals surface area (Å²) in [6.45, 7) is 3.34. The van der Waals surface area contributed by atoms with E-state index in [4.69, 9.17) is 5.10 Å². The predicted molar refractivity (Wildman–Crippen MR) is 80.0 cm³/mol. The van der Waals surface area contributed by atoms with Gasteiger partial charge in [-0.2, -0.15) is 5.10 Å². The Labute approximate surface area is 125 Å². The van der Waals surface area contributed by atoms with Gasteiger partial charge in [0.15, 0.2) is 0 Å². The molecule has 1 saturated heterocycles. The number of piperidine rings is 1. The molecule has 3 rings (SSSR count). The molecule has 1 N–H and O–H groups in total. The predicted octanol–water partition coefficient (Wildman–Crippen LogP) is 2.83. The van der Waals surface area contributed by atoms with Crippen LogP contribution in [0, 0.1) is 0 Å². The highest BCUT2D eigenvalue weighted by Crippen LogP contribution is 2.31. The molecular weight excluding hydrogens is 266 g/mol. The van der Waals surface area contributed by atoms with Crippen LogP contribution in [0.4, 0.5) is 0 Å². The number of nitrogens with zero attached hydrogens (tertiary/aromatic N) is 3. The summed E-state index contributed by atoms with van der Waals surface area (Å²) in [6, 6.07) is 2.60. The summed E-state index contributed by atoms with van der Waals surface area (Å²) in [5.74, 6) is -0.711. The molecule has 116 valence electrons.